The lowest BCUT2D eigenvalue weighted by molar-refractivity contribution is -0.143. The highest BCUT2D eigenvalue weighted by molar-refractivity contribution is 9.11. The molecule has 1 heterocycles. The van der Waals surface area contributed by atoms with Crippen LogP contribution in [0.3, 0.4) is 0 Å². The molecule has 0 saturated carbocycles. The van der Waals surface area contributed by atoms with E-state index in [2.05, 4.69) is 27.0 Å². The summed E-state index contributed by atoms with van der Waals surface area (Å²) in [5.41, 5.74) is 0.999. The summed E-state index contributed by atoms with van der Waals surface area (Å²) in [7, 11) is 0. The van der Waals surface area contributed by atoms with Crippen LogP contribution in [0.1, 0.15) is 44.7 Å². The van der Waals surface area contributed by atoms with Crippen LogP contribution >= 0.6 is 27.3 Å². The molecule has 0 spiro atoms. The van der Waals surface area contributed by atoms with Gasteiger partial charge in [-0.2, -0.15) is 0 Å². The standard InChI is InChI=1S/C13H18BrNO2S/c1-2-17-12(16)9-7-5-3-4-6-8-11-10-18-13(14)15-11/h6,8,10H,2-5,7,9H2,1H3/b8-6-. The fraction of sp³-hybridized carbons (Fsp3) is 0.538. The average Bonchev–Trinajstić information content (AvgIpc) is 2.74. The molecule has 0 fully saturated rings. The Balaban J connectivity index is 2.02. The number of aromatic nitrogens is 1. The van der Waals surface area contributed by atoms with Gasteiger partial charge in [-0.25, -0.2) is 4.98 Å². The first-order chi connectivity index (χ1) is 8.72. The highest BCUT2D eigenvalue weighted by Gasteiger charge is 1.99. The van der Waals surface area contributed by atoms with Crippen molar-refractivity contribution >= 4 is 39.3 Å². The molecule has 1 rings (SSSR count). The van der Waals surface area contributed by atoms with E-state index < -0.39 is 0 Å². The summed E-state index contributed by atoms with van der Waals surface area (Å²) in [5.74, 6) is -0.0830. The second kappa shape index (κ2) is 9.28. The van der Waals surface area contributed by atoms with Gasteiger partial charge in [-0.1, -0.05) is 12.5 Å². The molecule has 0 N–H and O–H groups in total. The van der Waals surface area contributed by atoms with Crippen LogP contribution in [0.5, 0.6) is 0 Å². The van der Waals surface area contributed by atoms with Crippen molar-refractivity contribution in [2.75, 3.05) is 6.61 Å². The van der Waals surface area contributed by atoms with Crippen LogP contribution in [0.4, 0.5) is 0 Å². The quantitative estimate of drug-likeness (QED) is 0.522. The Labute approximate surface area is 120 Å². The summed E-state index contributed by atoms with van der Waals surface area (Å²) >= 11 is 4.92. The molecule has 3 nitrogen and oxygen atoms in total. The van der Waals surface area contributed by atoms with Crippen LogP contribution in [-0.2, 0) is 9.53 Å². The highest BCUT2D eigenvalue weighted by Crippen LogP contribution is 2.17. The van der Waals surface area contributed by atoms with Crippen LogP contribution in [0, 0.1) is 0 Å². The van der Waals surface area contributed by atoms with Gasteiger partial charge in [-0.3, -0.25) is 4.79 Å². The third-order valence-electron chi connectivity index (χ3n) is 2.34. The molecule has 1 aromatic heterocycles. The summed E-state index contributed by atoms with van der Waals surface area (Å²) in [6.45, 7) is 2.31. The Kier molecular flexibility index (Phi) is 7.93. The summed E-state index contributed by atoms with van der Waals surface area (Å²) in [4.78, 5) is 15.3. The number of allylic oxidation sites excluding steroid dienone is 1. The number of rotatable bonds is 8. The van der Waals surface area contributed by atoms with Gasteiger partial charge in [0.2, 0.25) is 0 Å². The number of hydrogen-bond donors (Lipinski definition) is 0. The molecule has 0 bridgehead atoms. The van der Waals surface area contributed by atoms with E-state index in [4.69, 9.17) is 4.74 Å². The van der Waals surface area contributed by atoms with Crippen LogP contribution in [0.15, 0.2) is 15.4 Å². The van der Waals surface area contributed by atoms with E-state index in [1.165, 1.54) is 0 Å². The molecule has 0 radical (unpaired) electrons. The van der Waals surface area contributed by atoms with E-state index in [9.17, 15) is 4.79 Å². The topological polar surface area (TPSA) is 39.2 Å². The molecule has 0 unspecified atom stereocenters. The number of carbonyl (C=O) groups excluding carboxylic acids is 1. The summed E-state index contributed by atoms with van der Waals surface area (Å²) in [5, 5.41) is 2.02. The molecule has 0 atom stereocenters. The van der Waals surface area contributed by atoms with E-state index in [-0.39, 0.29) is 5.97 Å². The largest absolute Gasteiger partial charge is 0.466 e. The fourth-order valence-corrected chi connectivity index (χ4v) is 2.48. The second-order valence-corrected chi connectivity index (χ2v) is 5.97. The second-order valence-electron chi connectivity index (χ2n) is 3.83. The summed E-state index contributed by atoms with van der Waals surface area (Å²) in [6.07, 6.45) is 8.80. The fourth-order valence-electron chi connectivity index (χ4n) is 1.49. The first-order valence-corrected chi connectivity index (χ1v) is 7.83. The molecule has 1 aromatic rings. The lowest BCUT2D eigenvalue weighted by Crippen LogP contribution is -2.02. The minimum Gasteiger partial charge on any atom is -0.466 e. The minimum atomic E-state index is -0.0830. The zero-order valence-corrected chi connectivity index (χ0v) is 12.9. The van der Waals surface area contributed by atoms with Crippen molar-refractivity contribution < 1.29 is 9.53 Å². The van der Waals surface area contributed by atoms with E-state index in [1.54, 1.807) is 11.3 Å². The molecule has 100 valence electrons. The highest BCUT2D eigenvalue weighted by atomic mass is 79.9. The molecule has 18 heavy (non-hydrogen) atoms. The molecule has 0 aliphatic heterocycles. The van der Waals surface area contributed by atoms with E-state index in [0.29, 0.717) is 13.0 Å². The van der Waals surface area contributed by atoms with E-state index >= 15 is 0 Å². The van der Waals surface area contributed by atoms with Gasteiger partial charge in [-0.15, -0.1) is 11.3 Å². The molecule has 0 aliphatic rings. The van der Waals surface area contributed by atoms with Crippen molar-refractivity contribution in [3.05, 3.63) is 21.1 Å². The van der Waals surface area contributed by atoms with Gasteiger partial charge in [0.25, 0.3) is 0 Å². The van der Waals surface area contributed by atoms with Gasteiger partial charge >= 0.3 is 5.97 Å². The van der Waals surface area contributed by atoms with Crippen molar-refractivity contribution in [1.29, 1.82) is 0 Å². The third kappa shape index (κ3) is 6.91. The Morgan fingerprint density at radius 2 is 2.33 bits per heavy atom. The minimum absolute atomic E-state index is 0.0830. The molecule has 5 heteroatoms. The predicted octanol–water partition coefficient (Wildman–Crippen LogP) is 4.43. The lowest BCUT2D eigenvalue weighted by atomic mass is 10.1. The van der Waals surface area contributed by atoms with Crippen molar-refractivity contribution in [1.82, 2.24) is 4.98 Å². The van der Waals surface area contributed by atoms with Gasteiger partial charge < -0.3 is 4.74 Å². The third-order valence-corrected chi connectivity index (χ3v) is 3.72. The Hall–Kier alpha value is -0.680. The maximum absolute atomic E-state index is 11.1. The number of halogens is 1. The lowest BCUT2D eigenvalue weighted by Gasteiger charge is -2.00. The molecular weight excluding hydrogens is 314 g/mol. The van der Waals surface area contributed by atoms with Gasteiger partial charge in [-0.05, 0) is 48.2 Å². The number of thiazole rings is 1. The first-order valence-electron chi connectivity index (χ1n) is 6.15. The van der Waals surface area contributed by atoms with Crippen LogP contribution in [-0.4, -0.2) is 17.6 Å². The number of carbonyl (C=O) groups is 1. The first kappa shape index (κ1) is 15.4. The molecule has 0 aromatic carbocycles. The normalized spacial score (nSPS) is 11.0. The predicted molar refractivity (Wildman–Crippen MR) is 78.6 cm³/mol. The van der Waals surface area contributed by atoms with E-state index in [0.717, 1.165) is 35.3 Å². The van der Waals surface area contributed by atoms with Crippen molar-refractivity contribution in [2.45, 2.75) is 39.0 Å². The van der Waals surface area contributed by atoms with Crippen LogP contribution < -0.4 is 0 Å². The van der Waals surface area contributed by atoms with E-state index in [1.807, 2.05) is 18.4 Å². The number of ether oxygens (including phenoxy) is 1. The maximum Gasteiger partial charge on any atom is 0.305 e. The zero-order valence-electron chi connectivity index (χ0n) is 10.5. The monoisotopic (exact) mass is 331 g/mol. The number of esters is 1. The Bertz CT molecular complexity index is 390. The Morgan fingerprint density at radius 1 is 1.50 bits per heavy atom. The maximum atomic E-state index is 11.1. The smallest absolute Gasteiger partial charge is 0.305 e. The molecule has 0 amide bonds. The number of unbranched alkanes of at least 4 members (excludes halogenated alkanes) is 3. The van der Waals surface area contributed by atoms with Gasteiger partial charge in [0.15, 0.2) is 3.92 Å². The number of nitrogens with zero attached hydrogens (tertiary/aromatic N) is 1. The van der Waals surface area contributed by atoms with Crippen LogP contribution in [0.25, 0.3) is 6.08 Å². The zero-order chi connectivity index (χ0) is 13.2. The van der Waals surface area contributed by atoms with Crippen molar-refractivity contribution in [2.24, 2.45) is 0 Å². The average molecular weight is 332 g/mol. The molecule has 0 saturated heterocycles. The van der Waals surface area contributed by atoms with Crippen molar-refractivity contribution in [3.63, 3.8) is 0 Å². The number of hydrogen-bond acceptors (Lipinski definition) is 4. The SMILES string of the molecule is CCOC(=O)CCCCC/C=C\c1csc(Br)n1. The molecular formula is C13H18BrNO2S. The van der Waals surface area contributed by atoms with Gasteiger partial charge in [0.05, 0.1) is 12.3 Å². The molecule has 0 aliphatic carbocycles. The van der Waals surface area contributed by atoms with Gasteiger partial charge in [0.1, 0.15) is 0 Å². The Morgan fingerprint density at radius 3 is 3.00 bits per heavy atom. The summed E-state index contributed by atoms with van der Waals surface area (Å²) in [6, 6.07) is 0. The van der Waals surface area contributed by atoms with Gasteiger partial charge in [0, 0.05) is 11.8 Å². The summed E-state index contributed by atoms with van der Waals surface area (Å²) < 4.78 is 5.78. The van der Waals surface area contributed by atoms with Crippen LogP contribution in [0.2, 0.25) is 0 Å². The van der Waals surface area contributed by atoms with Crippen molar-refractivity contribution in [3.8, 4) is 0 Å².